The van der Waals surface area contributed by atoms with Crippen molar-refractivity contribution in [2.45, 2.75) is 77.1 Å². The van der Waals surface area contributed by atoms with E-state index in [1.165, 1.54) is 7.11 Å². The van der Waals surface area contributed by atoms with Crippen LogP contribution in [0.2, 0.25) is 0 Å². The maximum atomic E-state index is 12.5. The lowest BCUT2D eigenvalue weighted by molar-refractivity contribution is 0.0491. The third kappa shape index (κ3) is 5.77. The number of hydrogen-bond donors (Lipinski definition) is 2. The van der Waals surface area contributed by atoms with Crippen LogP contribution in [0.3, 0.4) is 0 Å². The standard InChI is InChI=1S/C24H37N7O4/c1-6-16-11-18(12-17(7-2)31(16)24(32)33-5)30(4)23-26-20(25-21-10-15(3)28-29-21)13-22(27-23)35-19-8-9-34-14-19/h10,13,16-19H,6-9,11-12,14H2,1-5H3,(H2,25,26,27,28,29)/t16-,17+,18?,19-/m0/s1. The molecule has 2 saturated heterocycles. The van der Waals surface area contributed by atoms with Crippen molar-refractivity contribution in [3.05, 3.63) is 17.8 Å². The zero-order valence-electron chi connectivity index (χ0n) is 21.3. The van der Waals surface area contributed by atoms with Gasteiger partial charge >= 0.3 is 6.09 Å². The minimum Gasteiger partial charge on any atom is -0.472 e. The molecule has 4 heterocycles. The summed E-state index contributed by atoms with van der Waals surface area (Å²) in [6.45, 7) is 7.41. The largest absolute Gasteiger partial charge is 0.472 e. The van der Waals surface area contributed by atoms with Gasteiger partial charge in [0.1, 0.15) is 11.9 Å². The second-order valence-corrected chi connectivity index (χ2v) is 9.29. The molecule has 2 N–H and O–H groups in total. The summed E-state index contributed by atoms with van der Waals surface area (Å²) in [5, 5.41) is 10.5. The van der Waals surface area contributed by atoms with Crippen LogP contribution >= 0.6 is 0 Å². The predicted octanol–water partition coefficient (Wildman–Crippen LogP) is 3.64. The number of nitrogens with one attached hydrogen (secondary N) is 2. The minimum absolute atomic E-state index is 0.0271. The molecule has 2 fully saturated rings. The van der Waals surface area contributed by atoms with Crippen LogP contribution in [0.5, 0.6) is 5.88 Å². The summed E-state index contributed by atoms with van der Waals surface area (Å²) in [5.74, 6) is 2.34. The third-order valence-electron chi connectivity index (χ3n) is 6.89. The summed E-state index contributed by atoms with van der Waals surface area (Å²) in [6, 6.07) is 4.05. The first-order valence-corrected chi connectivity index (χ1v) is 12.4. The average Bonchev–Trinajstić information content (AvgIpc) is 3.53. The highest BCUT2D eigenvalue weighted by molar-refractivity contribution is 5.68. The van der Waals surface area contributed by atoms with E-state index < -0.39 is 0 Å². The number of aromatic amines is 1. The molecule has 2 aromatic rings. The summed E-state index contributed by atoms with van der Waals surface area (Å²) in [4.78, 5) is 26.1. The SMILES string of the molecule is CC[C@@H]1CC(N(C)c2nc(Nc3cc(C)[nH]n3)cc(O[C@H]3CCOC3)n2)C[C@H](CC)N1C(=O)OC. The molecule has 11 heteroatoms. The molecule has 0 saturated carbocycles. The average molecular weight is 488 g/mol. The van der Waals surface area contributed by atoms with Gasteiger partial charge in [-0.2, -0.15) is 15.1 Å². The third-order valence-corrected chi connectivity index (χ3v) is 6.89. The fourth-order valence-corrected chi connectivity index (χ4v) is 4.94. The van der Waals surface area contributed by atoms with Gasteiger partial charge in [0.05, 0.1) is 20.3 Å². The highest BCUT2D eigenvalue weighted by Crippen LogP contribution is 2.33. The molecule has 4 atom stereocenters. The summed E-state index contributed by atoms with van der Waals surface area (Å²) in [6.07, 6.45) is 3.88. The number of nitrogens with zero attached hydrogens (tertiary/aromatic N) is 5. The molecule has 192 valence electrons. The van der Waals surface area contributed by atoms with Gasteiger partial charge in [-0.15, -0.1) is 0 Å². The Morgan fingerprint density at radius 3 is 2.54 bits per heavy atom. The minimum atomic E-state index is -0.254. The molecule has 0 aromatic carbocycles. The Labute approximate surface area is 206 Å². The number of piperidine rings is 1. The normalized spacial score (nSPS) is 24.3. The molecule has 0 radical (unpaired) electrons. The molecule has 1 amide bonds. The molecule has 1 unspecified atom stereocenters. The van der Waals surface area contributed by atoms with Gasteiger partial charge in [-0.05, 0) is 32.6 Å². The van der Waals surface area contributed by atoms with E-state index in [1.807, 2.05) is 24.9 Å². The van der Waals surface area contributed by atoms with Crippen molar-refractivity contribution in [1.29, 1.82) is 0 Å². The van der Waals surface area contributed by atoms with E-state index >= 15 is 0 Å². The molecule has 11 nitrogen and oxygen atoms in total. The second kappa shape index (κ2) is 11.1. The van der Waals surface area contributed by atoms with E-state index in [1.54, 1.807) is 6.07 Å². The number of amides is 1. The number of aryl methyl sites for hydroxylation is 1. The fourth-order valence-electron chi connectivity index (χ4n) is 4.94. The maximum Gasteiger partial charge on any atom is 0.409 e. The number of aromatic nitrogens is 4. The number of carbonyl (C=O) groups excluding carboxylic acids is 1. The van der Waals surface area contributed by atoms with E-state index in [0.29, 0.717) is 36.7 Å². The number of anilines is 3. The van der Waals surface area contributed by atoms with E-state index in [-0.39, 0.29) is 30.3 Å². The molecule has 2 aromatic heterocycles. The van der Waals surface area contributed by atoms with Crippen LogP contribution in [0, 0.1) is 6.92 Å². The van der Waals surface area contributed by atoms with Crippen LogP contribution < -0.4 is 15.0 Å². The Hall–Kier alpha value is -3.08. The molecular weight excluding hydrogens is 450 g/mol. The summed E-state index contributed by atoms with van der Waals surface area (Å²) < 4.78 is 16.7. The summed E-state index contributed by atoms with van der Waals surface area (Å²) in [5.41, 5.74) is 0.951. The number of H-pyrrole nitrogens is 1. The van der Waals surface area contributed by atoms with Crippen molar-refractivity contribution >= 4 is 23.7 Å². The van der Waals surface area contributed by atoms with Crippen LogP contribution in [0.4, 0.5) is 22.4 Å². The van der Waals surface area contributed by atoms with Crippen molar-refractivity contribution in [1.82, 2.24) is 25.1 Å². The van der Waals surface area contributed by atoms with Gasteiger partial charge in [0, 0.05) is 49.4 Å². The van der Waals surface area contributed by atoms with Gasteiger partial charge in [0.15, 0.2) is 5.82 Å². The lowest BCUT2D eigenvalue weighted by atomic mass is 9.88. The monoisotopic (exact) mass is 487 g/mol. The van der Waals surface area contributed by atoms with Crippen LogP contribution in [0.15, 0.2) is 12.1 Å². The topological polar surface area (TPSA) is 118 Å². The van der Waals surface area contributed by atoms with Gasteiger partial charge < -0.3 is 29.3 Å². The fraction of sp³-hybridized carbons (Fsp3) is 0.667. The van der Waals surface area contributed by atoms with Crippen LogP contribution in [-0.2, 0) is 9.47 Å². The lowest BCUT2D eigenvalue weighted by Gasteiger charge is -2.46. The lowest BCUT2D eigenvalue weighted by Crippen LogP contribution is -2.56. The molecule has 35 heavy (non-hydrogen) atoms. The van der Waals surface area contributed by atoms with Gasteiger partial charge in [0.2, 0.25) is 11.8 Å². The number of rotatable bonds is 8. The van der Waals surface area contributed by atoms with Crippen molar-refractivity contribution < 1.29 is 19.0 Å². The first-order chi connectivity index (χ1) is 16.9. The number of ether oxygens (including phenoxy) is 3. The molecule has 0 spiro atoms. The summed E-state index contributed by atoms with van der Waals surface area (Å²) in [7, 11) is 3.46. The van der Waals surface area contributed by atoms with E-state index in [9.17, 15) is 4.79 Å². The molecule has 0 aliphatic carbocycles. The van der Waals surface area contributed by atoms with Gasteiger partial charge in [0.25, 0.3) is 0 Å². The van der Waals surface area contributed by atoms with Crippen molar-refractivity contribution in [2.24, 2.45) is 0 Å². The first-order valence-electron chi connectivity index (χ1n) is 12.4. The smallest absolute Gasteiger partial charge is 0.409 e. The van der Waals surface area contributed by atoms with Gasteiger partial charge in [-0.25, -0.2) is 4.79 Å². The van der Waals surface area contributed by atoms with Crippen LogP contribution in [-0.4, -0.2) is 82.8 Å². The zero-order valence-corrected chi connectivity index (χ0v) is 21.3. The molecule has 2 aliphatic heterocycles. The Morgan fingerprint density at radius 1 is 1.23 bits per heavy atom. The van der Waals surface area contributed by atoms with E-state index in [4.69, 9.17) is 24.2 Å². The molecule has 0 bridgehead atoms. The predicted molar refractivity (Wildman–Crippen MR) is 132 cm³/mol. The number of hydrogen-bond acceptors (Lipinski definition) is 9. The molecule has 2 aliphatic rings. The highest BCUT2D eigenvalue weighted by atomic mass is 16.6. The van der Waals surface area contributed by atoms with E-state index in [2.05, 4.69) is 34.3 Å². The Kier molecular flexibility index (Phi) is 7.94. The van der Waals surface area contributed by atoms with Gasteiger partial charge in [-0.3, -0.25) is 5.10 Å². The molecular formula is C24H37N7O4. The first kappa shape index (κ1) is 25.0. The number of methoxy groups -OCH3 is 1. The Balaban J connectivity index is 1.59. The number of likely N-dealkylation sites (tertiary alicyclic amines) is 1. The number of carbonyl (C=O) groups is 1. The van der Waals surface area contributed by atoms with Crippen LogP contribution in [0.1, 0.15) is 51.6 Å². The summed E-state index contributed by atoms with van der Waals surface area (Å²) >= 11 is 0. The second-order valence-electron chi connectivity index (χ2n) is 9.29. The maximum absolute atomic E-state index is 12.5. The van der Waals surface area contributed by atoms with Gasteiger partial charge in [-0.1, -0.05) is 13.8 Å². The quantitative estimate of drug-likeness (QED) is 0.575. The zero-order chi connectivity index (χ0) is 24.9. The molecule has 4 rings (SSSR count). The Bertz CT molecular complexity index is 980. The van der Waals surface area contributed by atoms with Crippen LogP contribution in [0.25, 0.3) is 0 Å². The van der Waals surface area contributed by atoms with Crippen molar-refractivity contribution in [3.63, 3.8) is 0 Å². The van der Waals surface area contributed by atoms with Crippen molar-refractivity contribution in [3.8, 4) is 5.88 Å². The van der Waals surface area contributed by atoms with Crippen molar-refractivity contribution in [2.75, 3.05) is 37.6 Å². The highest BCUT2D eigenvalue weighted by Gasteiger charge is 2.39. The Morgan fingerprint density at radius 2 is 1.97 bits per heavy atom. The van der Waals surface area contributed by atoms with E-state index in [0.717, 1.165) is 37.8 Å².